The molecule has 2 rings (SSSR count). The maximum atomic E-state index is 12.0. The zero-order valence-corrected chi connectivity index (χ0v) is 10.9. The van der Waals surface area contributed by atoms with Gasteiger partial charge in [-0.25, -0.2) is 0 Å². The lowest BCUT2D eigenvalue weighted by Crippen LogP contribution is -2.30. The van der Waals surface area contributed by atoms with Crippen LogP contribution in [0.15, 0.2) is 16.8 Å². The lowest BCUT2D eigenvalue weighted by Gasteiger charge is -2.17. The summed E-state index contributed by atoms with van der Waals surface area (Å²) in [6.45, 7) is 3.34. The molecule has 1 aliphatic heterocycles. The fourth-order valence-corrected chi connectivity index (χ4v) is 2.96. The maximum absolute atomic E-state index is 12.0. The summed E-state index contributed by atoms with van der Waals surface area (Å²) < 4.78 is 0. The number of aliphatic hydroxyl groups is 1. The summed E-state index contributed by atoms with van der Waals surface area (Å²) in [5, 5.41) is 13.6. The molecule has 0 saturated carbocycles. The molecule has 2 heterocycles. The molecule has 1 aromatic rings. The molecule has 1 aromatic heterocycles. The summed E-state index contributed by atoms with van der Waals surface area (Å²) in [5.41, 5.74) is 1.25. The Hall–Kier alpha value is -0.870. The molecule has 3 nitrogen and oxygen atoms in total. The summed E-state index contributed by atoms with van der Waals surface area (Å²) in [5.74, 6) is 0.486. The molecule has 1 amide bonds. The largest absolute Gasteiger partial charge is 0.393 e. The molecule has 1 saturated heterocycles. The highest BCUT2D eigenvalue weighted by molar-refractivity contribution is 7.07. The van der Waals surface area contributed by atoms with E-state index in [4.69, 9.17) is 0 Å². The molecule has 0 aromatic carbocycles. The van der Waals surface area contributed by atoms with Crippen LogP contribution in [0.5, 0.6) is 0 Å². The second-order valence-corrected chi connectivity index (χ2v) is 5.54. The number of amides is 1. The molecule has 0 radical (unpaired) electrons. The van der Waals surface area contributed by atoms with Crippen molar-refractivity contribution >= 4 is 17.2 Å². The molecule has 0 bridgehead atoms. The quantitative estimate of drug-likeness (QED) is 0.890. The van der Waals surface area contributed by atoms with Crippen LogP contribution in [0.2, 0.25) is 0 Å². The summed E-state index contributed by atoms with van der Waals surface area (Å²) >= 11 is 1.67. The van der Waals surface area contributed by atoms with Crippen LogP contribution in [-0.2, 0) is 11.2 Å². The van der Waals surface area contributed by atoms with Crippen LogP contribution >= 0.6 is 11.3 Å². The molecule has 1 N–H and O–H groups in total. The molecule has 4 heteroatoms. The Morgan fingerprint density at radius 3 is 3.12 bits per heavy atom. The molecule has 1 aliphatic rings. The van der Waals surface area contributed by atoms with E-state index in [0.717, 1.165) is 25.9 Å². The van der Waals surface area contributed by atoms with Gasteiger partial charge in [-0.05, 0) is 42.2 Å². The number of hydrogen-bond acceptors (Lipinski definition) is 3. The van der Waals surface area contributed by atoms with Crippen molar-refractivity contribution in [2.75, 3.05) is 13.1 Å². The number of likely N-dealkylation sites (tertiary alicyclic amines) is 1. The van der Waals surface area contributed by atoms with Crippen molar-refractivity contribution in [1.29, 1.82) is 0 Å². The van der Waals surface area contributed by atoms with Gasteiger partial charge in [-0.2, -0.15) is 11.3 Å². The van der Waals surface area contributed by atoms with Gasteiger partial charge >= 0.3 is 0 Å². The van der Waals surface area contributed by atoms with Crippen molar-refractivity contribution in [3.63, 3.8) is 0 Å². The lowest BCUT2D eigenvalue weighted by atomic mass is 10.0. The Morgan fingerprint density at radius 2 is 2.53 bits per heavy atom. The third-order valence-corrected chi connectivity index (χ3v) is 4.20. The first kappa shape index (κ1) is 12.6. The van der Waals surface area contributed by atoms with E-state index in [1.54, 1.807) is 11.3 Å². The number of thiophene rings is 1. The number of carbonyl (C=O) groups excluding carboxylic acids is 1. The first-order chi connectivity index (χ1) is 8.16. The zero-order valence-electron chi connectivity index (χ0n) is 10.1. The average molecular weight is 253 g/mol. The van der Waals surface area contributed by atoms with Crippen molar-refractivity contribution in [3.8, 4) is 0 Å². The van der Waals surface area contributed by atoms with Gasteiger partial charge in [0.1, 0.15) is 0 Å². The van der Waals surface area contributed by atoms with Crippen molar-refractivity contribution in [2.45, 2.75) is 32.3 Å². The Labute approximate surface area is 106 Å². The number of carbonyl (C=O) groups is 1. The first-order valence-electron chi connectivity index (χ1n) is 6.13. The number of aliphatic hydroxyl groups excluding tert-OH is 1. The van der Waals surface area contributed by atoms with Gasteiger partial charge in [0.25, 0.3) is 0 Å². The molecular formula is C13H19NO2S. The van der Waals surface area contributed by atoms with Crippen molar-refractivity contribution in [1.82, 2.24) is 4.90 Å². The SMILES string of the molecule is CC(O)C1CCN(C(=O)CCc2ccsc2)C1. The molecule has 1 fully saturated rings. The van der Waals surface area contributed by atoms with E-state index in [2.05, 4.69) is 11.4 Å². The highest BCUT2D eigenvalue weighted by Gasteiger charge is 2.28. The first-order valence-corrected chi connectivity index (χ1v) is 7.08. The smallest absolute Gasteiger partial charge is 0.222 e. The van der Waals surface area contributed by atoms with Gasteiger partial charge < -0.3 is 10.0 Å². The van der Waals surface area contributed by atoms with Gasteiger partial charge in [0.2, 0.25) is 5.91 Å². The van der Waals surface area contributed by atoms with Crippen molar-refractivity contribution < 1.29 is 9.90 Å². The van der Waals surface area contributed by atoms with Gasteiger partial charge in [-0.3, -0.25) is 4.79 Å². The van der Waals surface area contributed by atoms with Crippen LogP contribution in [0.4, 0.5) is 0 Å². The normalized spacial score (nSPS) is 21.8. The molecule has 94 valence electrons. The monoisotopic (exact) mass is 253 g/mol. The summed E-state index contributed by atoms with van der Waals surface area (Å²) in [6.07, 6.45) is 2.05. The number of nitrogens with zero attached hydrogens (tertiary/aromatic N) is 1. The molecule has 17 heavy (non-hydrogen) atoms. The van der Waals surface area contributed by atoms with E-state index in [1.165, 1.54) is 5.56 Å². The molecule has 0 spiro atoms. The standard InChI is InChI=1S/C13H19NO2S/c1-10(15)12-4-6-14(8-12)13(16)3-2-11-5-7-17-9-11/h5,7,9-10,12,15H,2-4,6,8H2,1H3. The fourth-order valence-electron chi connectivity index (χ4n) is 2.25. The maximum Gasteiger partial charge on any atom is 0.222 e. The van der Waals surface area contributed by atoms with Gasteiger partial charge in [-0.1, -0.05) is 0 Å². The predicted molar refractivity (Wildman–Crippen MR) is 69.0 cm³/mol. The van der Waals surface area contributed by atoms with Crippen LogP contribution in [0.1, 0.15) is 25.3 Å². The Morgan fingerprint density at radius 1 is 1.71 bits per heavy atom. The van der Waals surface area contributed by atoms with Crippen LogP contribution in [0, 0.1) is 5.92 Å². The third-order valence-electron chi connectivity index (χ3n) is 3.47. The number of rotatable bonds is 4. The van der Waals surface area contributed by atoms with E-state index in [0.29, 0.717) is 6.42 Å². The molecule has 2 unspecified atom stereocenters. The van der Waals surface area contributed by atoms with E-state index in [1.807, 2.05) is 17.2 Å². The predicted octanol–water partition coefficient (Wildman–Crippen LogP) is 1.91. The number of aryl methyl sites for hydroxylation is 1. The summed E-state index contributed by atoms with van der Waals surface area (Å²) in [7, 11) is 0. The van der Waals surface area contributed by atoms with Gasteiger partial charge in [0.05, 0.1) is 6.10 Å². The van der Waals surface area contributed by atoms with E-state index >= 15 is 0 Å². The Kier molecular flexibility index (Phi) is 4.18. The third kappa shape index (κ3) is 3.30. The van der Waals surface area contributed by atoms with Crippen LogP contribution in [0.25, 0.3) is 0 Å². The highest BCUT2D eigenvalue weighted by atomic mass is 32.1. The highest BCUT2D eigenvalue weighted by Crippen LogP contribution is 2.20. The molecular weight excluding hydrogens is 234 g/mol. The van der Waals surface area contributed by atoms with Crippen molar-refractivity contribution in [2.24, 2.45) is 5.92 Å². The lowest BCUT2D eigenvalue weighted by molar-refractivity contribution is -0.130. The van der Waals surface area contributed by atoms with E-state index in [-0.39, 0.29) is 17.9 Å². The van der Waals surface area contributed by atoms with Crippen molar-refractivity contribution in [3.05, 3.63) is 22.4 Å². The van der Waals surface area contributed by atoms with Crippen LogP contribution in [-0.4, -0.2) is 35.1 Å². The molecule has 0 aliphatic carbocycles. The second-order valence-electron chi connectivity index (χ2n) is 4.76. The van der Waals surface area contributed by atoms with Crippen LogP contribution < -0.4 is 0 Å². The molecule has 2 atom stereocenters. The minimum Gasteiger partial charge on any atom is -0.393 e. The fraction of sp³-hybridized carbons (Fsp3) is 0.615. The average Bonchev–Trinajstić information content (AvgIpc) is 2.96. The second kappa shape index (κ2) is 5.65. The van der Waals surface area contributed by atoms with E-state index < -0.39 is 0 Å². The van der Waals surface area contributed by atoms with Gasteiger partial charge in [0, 0.05) is 25.4 Å². The summed E-state index contributed by atoms with van der Waals surface area (Å²) in [4.78, 5) is 13.8. The Balaban J connectivity index is 1.77. The zero-order chi connectivity index (χ0) is 12.3. The minimum atomic E-state index is -0.301. The van der Waals surface area contributed by atoms with E-state index in [9.17, 15) is 9.90 Å². The topological polar surface area (TPSA) is 40.5 Å². The number of hydrogen-bond donors (Lipinski definition) is 1. The minimum absolute atomic E-state index is 0.222. The summed E-state index contributed by atoms with van der Waals surface area (Å²) in [6, 6.07) is 2.07. The van der Waals surface area contributed by atoms with Crippen LogP contribution in [0.3, 0.4) is 0 Å². The van der Waals surface area contributed by atoms with Gasteiger partial charge in [-0.15, -0.1) is 0 Å². The van der Waals surface area contributed by atoms with Gasteiger partial charge in [0.15, 0.2) is 0 Å². The Bertz CT molecular complexity index is 362.